The summed E-state index contributed by atoms with van der Waals surface area (Å²) in [6, 6.07) is 7.07. The van der Waals surface area contributed by atoms with Crippen molar-refractivity contribution in [1.82, 2.24) is 9.97 Å². The van der Waals surface area contributed by atoms with Crippen LogP contribution >= 0.6 is 0 Å². The van der Waals surface area contributed by atoms with Gasteiger partial charge in [0, 0.05) is 12.1 Å². The number of rotatable bonds is 3. The van der Waals surface area contributed by atoms with Crippen LogP contribution in [0.3, 0.4) is 0 Å². The van der Waals surface area contributed by atoms with Crippen LogP contribution in [0.4, 0.5) is 11.5 Å². The maximum atomic E-state index is 11.0. The highest BCUT2D eigenvalue weighted by Gasteiger charge is 2.17. The van der Waals surface area contributed by atoms with E-state index >= 15 is 0 Å². The van der Waals surface area contributed by atoms with Gasteiger partial charge < -0.3 is 10.5 Å². The number of benzene rings is 1. The molecular formula is C12H9N5O3. The van der Waals surface area contributed by atoms with Crippen molar-refractivity contribution in [2.24, 2.45) is 0 Å². The third-order valence-corrected chi connectivity index (χ3v) is 2.33. The van der Waals surface area contributed by atoms with Gasteiger partial charge in [-0.2, -0.15) is 10.2 Å². The first-order chi connectivity index (χ1) is 9.49. The van der Waals surface area contributed by atoms with Crippen molar-refractivity contribution in [3.8, 4) is 17.7 Å². The van der Waals surface area contributed by atoms with E-state index in [1.807, 2.05) is 6.07 Å². The van der Waals surface area contributed by atoms with Gasteiger partial charge in [-0.15, -0.1) is 0 Å². The molecule has 20 heavy (non-hydrogen) atoms. The zero-order valence-corrected chi connectivity index (χ0v) is 10.4. The van der Waals surface area contributed by atoms with E-state index in [2.05, 4.69) is 9.97 Å². The highest BCUT2D eigenvalue weighted by Crippen LogP contribution is 2.31. The number of nitrogens with zero attached hydrogens (tertiary/aromatic N) is 4. The fourth-order valence-electron chi connectivity index (χ4n) is 1.54. The second kappa shape index (κ2) is 5.19. The zero-order valence-electron chi connectivity index (χ0n) is 10.4. The third-order valence-electron chi connectivity index (χ3n) is 2.33. The number of nitriles is 1. The topological polar surface area (TPSA) is 128 Å². The van der Waals surface area contributed by atoms with Crippen LogP contribution in [0.2, 0.25) is 0 Å². The van der Waals surface area contributed by atoms with Crippen molar-refractivity contribution in [1.29, 1.82) is 5.26 Å². The van der Waals surface area contributed by atoms with Gasteiger partial charge in [0.1, 0.15) is 11.6 Å². The minimum absolute atomic E-state index is 0.0218. The molecule has 0 bridgehead atoms. The van der Waals surface area contributed by atoms with Crippen molar-refractivity contribution < 1.29 is 9.66 Å². The first-order valence-corrected chi connectivity index (χ1v) is 5.47. The quantitative estimate of drug-likeness (QED) is 0.667. The van der Waals surface area contributed by atoms with Gasteiger partial charge in [0.25, 0.3) is 0 Å². The predicted octanol–water partition coefficient (Wildman–Crippen LogP) is 1.94. The smallest absolute Gasteiger partial charge is 0.312 e. The van der Waals surface area contributed by atoms with Crippen LogP contribution in [0.5, 0.6) is 11.6 Å². The Morgan fingerprint density at radius 1 is 1.40 bits per heavy atom. The summed E-state index contributed by atoms with van der Waals surface area (Å²) in [5.41, 5.74) is 5.40. The Balaban J connectivity index is 2.43. The van der Waals surface area contributed by atoms with Crippen LogP contribution in [-0.4, -0.2) is 14.9 Å². The molecule has 0 aliphatic heterocycles. The van der Waals surface area contributed by atoms with Gasteiger partial charge in [0.15, 0.2) is 0 Å². The van der Waals surface area contributed by atoms with Crippen LogP contribution in [0.15, 0.2) is 24.3 Å². The number of aryl methyl sites for hydroxylation is 1. The number of hydrogen-bond donors (Lipinski definition) is 1. The summed E-state index contributed by atoms with van der Waals surface area (Å²) in [6.45, 7) is 1.62. The Labute approximate surface area is 113 Å². The summed E-state index contributed by atoms with van der Waals surface area (Å²) >= 11 is 0. The van der Waals surface area contributed by atoms with E-state index in [-0.39, 0.29) is 28.7 Å². The average Bonchev–Trinajstić information content (AvgIpc) is 2.37. The van der Waals surface area contributed by atoms with Gasteiger partial charge in [0.2, 0.25) is 11.6 Å². The molecule has 0 radical (unpaired) electrons. The molecule has 0 fully saturated rings. The monoisotopic (exact) mass is 271 g/mol. The number of nitro benzene ring substituents is 1. The number of nitrogen functional groups attached to an aromatic ring is 1. The van der Waals surface area contributed by atoms with Crippen molar-refractivity contribution in [2.45, 2.75) is 6.92 Å². The molecule has 0 aliphatic carbocycles. The van der Waals surface area contributed by atoms with Gasteiger partial charge in [-0.25, -0.2) is 4.98 Å². The molecule has 1 aromatic carbocycles. The summed E-state index contributed by atoms with van der Waals surface area (Å²) < 4.78 is 5.35. The normalized spacial score (nSPS) is 9.80. The Morgan fingerprint density at radius 3 is 2.75 bits per heavy atom. The molecule has 0 saturated heterocycles. The maximum absolute atomic E-state index is 11.0. The van der Waals surface area contributed by atoms with Crippen LogP contribution in [-0.2, 0) is 0 Å². The Morgan fingerprint density at radius 2 is 2.15 bits per heavy atom. The molecule has 8 nitrogen and oxygen atoms in total. The number of ether oxygens (including phenoxy) is 1. The lowest BCUT2D eigenvalue weighted by Gasteiger charge is -2.06. The summed E-state index contributed by atoms with van der Waals surface area (Å²) in [5, 5.41) is 19.7. The van der Waals surface area contributed by atoms with Gasteiger partial charge >= 0.3 is 5.69 Å². The highest BCUT2D eigenvalue weighted by atomic mass is 16.6. The second-order valence-corrected chi connectivity index (χ2v) is 3.83. The molecule has 0 atom stereocenters. The van der Waals surface area contributed by atoms with Gasteiger partial charge in [-0.1, -0.05) is 0 Å². The summed E-state index contributed by atoms with van der Waals surface area (Å²) in [4.78, 5) is 18.2. The lowest BCUT2D eigenvalue weighted by Crippen LogP contribution is -1.99. The van der Waals surface area contributed by atoms with Gasteiger partial charge in [-0.3, -0.25) is 10.1 Å². The van der Waals surface area contributed by atoms with Gasteiger partial charge in [-0.05, 0) is 19.1 Å². The molecule has 100 valence electrons. The molecular weight excluding hydrogens is 262 g/mol. The van der Waals surface area contributed by atoms with E-state index in [0.29, 0.717) is 5.82 Å². The lowest BCUT2D eigenvalue weighted by atomic mass is 10.2. The Hall–Kier alpha value is -3.21. The highest BCUT2D eigenvalue weighted by molar-refractivity contribution is 5.53. The number of nitrogens with two attached hydrogens (primary N) is 1. The number of nitro groups is 1. The van der Waals surface area contributed by atoms with Crippen molar-refractivity contribution in [3.05, 3.63) is 45.8 Å². The Bertz CT molecular complexity index is 703. The van der Waals surface area contributed by atoms with Crippen LogP contribution < -0.4 is 10.5 Å². The van der Waals surface area contributed by atoms with E-state index < -0.39 is 4.92 Å². The van der Waals surface area contributed by atoms with Crippen molar-refractivity contribution in [3.63, 3.8) is 0 Å². The molecule has 0 spiro atoms. The number of anilines is 1. The fourth-order valence-corrected chi connectivity index (χ4v) is 1.54. The van der Waals surface area contributed by atoms with E-state index in [0.717, 1.165) is 6.07 Å². The number of hydrogen-bond acceptors (Lipinski definition) is 7. The van der Waals surface area contributed by atoms with Crippen LogP contribution in [0.25, 0.3) is 0 Å². The lowest BCUT2D eigenvalue weighted by molar-refractivity contribution is -0.385. The summed E-state index contributed by atoms with van der Waals surface area (Å²) in [7, 11) is 0. The molecule has 2 aromatic rings. The number of aromatic nitrogens is 2. The summed E-state index contributed by atoms with van der Waals surface area (Å²) in [5.74, 6) is 0.661. The minimum atomic E-state index is -0.631. The molecule has 0 unspecified atom stereocenters. The molecule has 1 aromatic heterocycles. The second-order valence-electron chi connectivity index (χ2n) is 3.83. The third kappa shape index (κ3) is 2.78. The fraction of sp³-hybridized carbons (Fsp3) is 0.0833. The van der Waals surface area contributed by atoms with E-state index in [1.165, 1.54) is 18.2 Å². The van der Waals surface area contributed by atoms with Crippen molar-refractivity contribution >= 4 is 11.5 Å². The first kappa shape index (κ1) is 13.2. The van der Waals surface area contributed by atoms with E-state index in [9.17, 15) is 10.1 Å². The zero-order chi connectivity index (χ0) is 14.7. The molecule has 0 saturated carbocycles. The van der Waals surface area contributed by atoms with E-state index in [1.54, 1.807) is 6.92 Å². The Kier molecular flexibility index (Phi) is 3.43. The van der Waals surface area contributed by atoms with Crippen LogP contribution in [0.1, 0.15) is 11.4 Å². The molecule has 8 heteroatoms. The molecule has 0 aliphatic rings. The van der Waals surface area contributed by atoms with Crippen molar-refractivity contribution in [2.75, 3.05) is 5.73 Å². The van der Waals surface area contributed by atoms with Crippen LogP contribution in [0, 0.1) is 28.4 Å². The maximum Gasteiger partial charge on any atom is 0.312 e. The van der Waals surface area contributed by atoms with Gasteiger partial charge in [0.05, 0.1) is 16.6 Å². The SMILES string of the molecule is Cc1nc(N)cc(Oc2ccc(C#N)cc2[N+](=O)[O-])n1. The predicted molar refractivity (Wildman–Crippen MR) is 69.1 cm³/mol. The average molecular weight is 271 g/mol. The largest absolute Gasteiger partial charge is 0.432 e. The first-order valence-electron chi connectivity index (χ1n) is 5.47. The van der Waals surface area contributed by atoms with E-state index in [4.69, 9.17) is 15.7 Å². The minimum Gasteiger partial charge on any atom is -0.432 e. The molecule has 2 N–H and O–H groups in total. The standard InChI is InChI=1S/C12H9N5O3/c1-7-15-11(14)5-12(16-7)20-10-3-2-8(6-13)4-9(10)17(18)19/h2-5H,1H3,(H2,14,15,16). The summed E-state index contributed by atoms with van der Waals surface area (Å²) in [6.07, 6.45) is 0. The molecule has 1 heterocycles. The molecule has 0 amide bonds. The molecule has 2 rings (SSSR count).